The second kappa shape index (κ2) is 6.66. The molecule has 0 spiro atoms. The van der Waals surface area contributed by atoms with Gasteiger partial charge in [0, 0.05) is 19.2 Å². The molecule has 0 radical (unpaired) electrons. The number of rotatable bonds is 6. The van der Waals surface area contributed by atoms with Gasteiger partial charge in [-0.15, -0.1) is 0 Å². The highest BCUT2D eigenvalue weighted by Gasteiger charge is 2.03. The van der Waals surface area contributed by atoms with Crippen molar-refractivity contribution in [1.82, 2.24) is 5.32 Å². The quantitative estimate of drug-likeness (QED) is 0.773. The van der Waals surface area contributed by atoms with Crippen LogP contribution in [-0.4, -0.2) is 17.8 Å². The fourth-order valence-corrected chi connectivity index (χ4v) is 1.79. The molecular weight excluding hydrogens is 198 g/mol. The first-order valence-corrected chi connectivity index (χ1v) is 6.04. The van der Waals surface area contributed by atoms with Crippen molar-refractivity contribution in [3.63, 3.8) is 0 Å². The summed E-state index contributed by atoms with van der Waals surface area (Å²) in [7, 11) is 0. The number of aliphatic hydroxyl groups is 1. The summed E-state index contributed by atoms with van der Waals surface area (Å²) in [5.74, 6) is 0. The summed E-state index contributed by atoms with van der Waals surface area (Å²) in [6.45, 7) is 7.69. The second-order valence-corrected chi connectivity index (χ2v) is 4.51. The van der Waals surface area contributed by atoms with Crippen molar-refractivity contribution >= 4 is 0 Å². The van der Waals surface area contributed by atoms with Crippen molar-refractivity contribution in [2.75, 3.05) is 6.61 Å². The van der Waals surface area contributed by atoms with Crippen molar-refractivity contribution in [1.29, 1.82) is 0 Å². The molecule has 0 bridgehead atoms. The van der Waals surface area contributed by atoms with Crippen LogP contribution >= 0.6 is 0 Å². The van der Waals surface area contributed by atoms with Crippen LogP contribution in [0.3, 0.4) is 0 Å². The van der Waals surface area contributed by atoms with Crippen LogP contribution < -0.4 is 5.32 Å². The summed E-state index contributed by atoms with van der Waals surface area (Å²) >= 11 is 0. The summed E-state index contributed by atoms with van der Waals surface area (Å²) in [5, 5.41) is 12.2. The average Bonchev–Trinajstić information content (AvgIpc) is 2.28. The summed E-state index contributed by atoms with van der Waals surface area (Å²) in [4.78, 5) is 0. The van der Waals surface area contributed by atoms with E-state index >= 15 is 0 Å². The lowest BCUT2D eigenvalue weighted by Gasteiger charge is -2.15. The van der Waals surface area contributed by atoms with Crippen LogP contribution in [-0.2, 0) is 6.54 Å². The number of aliphatic hydroxyl groups excluding tert-OH is 1. The summed E-state index contributed by atoms with van der Waals surface area (Å²) in [6, 6.07) is 6.90. The zero-order valence-electron chi connectivity index (χ0n) is 10.6. The highest BCUT2D eigenvalue weighted by Crippen LogP contribution is 2.12. The van der Waals surface area contributed by atoms with Gasteiger partial charge in [0.2, 0.25) is 0 Å². The molecule has 1 aromatic rings. The molecule has 1 rings (SSSR count). The number of hydrogen-bond donors (Lipinski definition) is 2. The molecular formula is C14H23NO. The van der Waals surface area contributed by atoms with E-state index in [2.05, 4.69) is 44.3 Å². The van der Waals surface area contributed by atoms with Crippen molar-refractivity contribution in [3.05, 3.63) is 34.9 Å². The first kappa shape index (κ1) is 13.2. The standard InChI is InChI=1S/C14H23NO/c1-11-6-4-8-14(13(11)3)10-15-12(2)7-5-9-16/h4,6,8,12,15-16H,5,7,9-10H2,1-3H3. The predicted octanol–water partition coefficient (Wildman–Crippen LogP) is 2.55. The van der Waals surface area contributed by atoms with E-state index in [9.17, 15) is 0 Å². The van der Waals surface area contributed by atoms with Gasteiger partial charge < -0.3 is 10.4 Å². The van der Waals surface area contributed by atoms with Gasteiger partial charge in [0.05, 0.1) is 0 Å². The highest BCUT2D eigenvalue weighted by molar-refractivity contribution is 5.32. The van der Waals surface area contributed by atoms with E-state index in [-0.39, 0.29) is 6.61 Å². The molecule has 1 unspecified atom stereocenters. The van der Waals surface area contributed by atoms with Crippen LogP contribution in [0.4, 0.5) is 0 Å². The van der Waals surface area contributed by atoms with E-state index in [1.165, 1.54) is 16.7 Å². The van der Waals surface area contributed by atoms with Gasteiger partial charge in [0.1, 0.15) is 0 Å². The maximum atomic E-state index is 8.75. The number of nitrogens with one attached hydrogen (secondary N) is 1. The van der Waals surface area contributed by atoms with Gasteiger partial charge in [-0.25, -0.2) is 0 Å². The van der Waals surface area contributed by atoms with Gasteiger partial charge in [-0.3, -0.25) is 0 Å². The fourth-order valence-electron chi connectivity index (χ4n) is 1.79. The lowest BCUT2D eigenvalue weighted by Crippen LogP contribution is -2.26. The minimum absolute atomic E-state index is 0.287. The Labute approximate surface area is 98.7 Å². The van der Waals surface area contributed by atoms with Crippen LogP contribution in [0.1, 0.15) is 36.5 Å². The molecule has 1 aromatic carbocycles. The maximum absolute atomic E-state index is 8.75. The Morgan fingerprint density at radius 1 is 1.31 bits per heavy atom. The Morgan fingerprint density at radius 2 is 2.06 bits per heavy atom. The van der Waals surface area contributed by atoms with E-state index in [4.69, 9.17) is 5.11 Å². The van der Waals surface area contributed by atoms with E-state index in [1.807, 2.05) is 0 Å². The smallest absolute Gasteiger partial charge is 0.0431 e. The molecule has 16 heavy (non-hydrogen) atoms. The first-order chi connectivity index (χ1) is 7.65. The minimum Gasteiger partial charge on any atom is -0.396 e. The van der Waals surface area contributed by atoms with E-state index in [0.717, 1.165) is 19.4 Å². The Balaban J connectivity index is 2.45. The van der Waals surface area contributed by atoms with Crippen molar-refractivity contribution in [2.45, 2.75) is 46.2 Å². The van der Waals surface area contributed by atoms with E-state index in [0.29, 0.717) is 6.04 Å². The molecule has 0 saturated carbocycles. The molecule has 0 amide bonds. The Hall–Kier alpha value is -0.860. The van der Waals surface area contributed by atoms with Gasteiger partial charge in [0.25, 0.3) is 0 Å². The molecule has 0 fully saturated rings. The highest BCUT2D eigenvalue weighted by atomic mass is 16.2. The number of benzene rings is 1. The SMILES string of the molecule is Cc1cccc(CNC(C)CCCO)c1C. The number of aryl methyl sites for hydroxylation is 1. The fraction of sp³-hybridized carbons (Fsp3) is 0.571. The van der Waals surface area contributed by atoms with E-state index < -0.39 is 0 Å². The zero-order valence-corrected chi connectivity index (χ0v) is 10.6. The van der Waals surface area contributed by atoms with Crippen LogP contribution in [0.2, 0.25) is 0 Å². The Bertz CT molecular complexity index is 323. The molecule has 0 saturated heterocycles. The lowest BCUT2D eigenvalue weighted by molar-refractivity contribution is 0.276. The molecule has 1 atom stereocenters. The van der Waals surface area contributed by atoms with Gasteiger partial charge in [-0.1, -0.05) is 18.2 Å². The van der Waals surface area contributed by atoms with Crippen molar-refractivity contribution in [3.8, 4) is 0 Å². The number of hydrogen-bond acceptors (Lipinski definition) is 2. The molecule has 2 heteroatoms. The average molecular weight is 221 g/mol. The molecule has 2 nitrogen and oxygen atoms in total. The van der Waals surface area contributed by atoms with Gasteiger partial charge in [-0.2, -0.15) is 0 Å². The van der Waals surface area contributed by atoms with Crippen LogP contribution in [0.5, 0.6) is 0 Å². The van der Waals surface area contributed by atoms with Crippen LogP contribution in [0, 0.1) is 13.8 Å². The third kappa shape index (κ3) is 3.95. The van der Waals surface area contributed by atoms with Crippen LogP contribution in [0.25, 0.3) is 0 Å². The van der Waals surface area contributed by atoms with Crippen LogP contribution in [0.15, 0.2) is 18.2 Å². The summed E-state index contributed by atoms with van der Waals surface area (Å²) < 4.78 is 0. The lowest BCUT2D eigenvalue weighted by atomic mass is 10.0. The molecule has 0 aliphatic carbocycles. The molecule has 0 aliphatic heterocycles. The monoisotopic (exact) mass is 221 g/mol. The topological polar surface area (TPSA) is 32.3 Å². The molecule has 2 N–H and O–H groups in total. The van der Waals surface area contributed by atoms with Crippen molar-refractivity contribution < 1.29 is 5.11 Å². The molecule has 0 heterocycles. The minimum atomic E-state index is 0.287. The predicted molar refractivity (Wildman–Crippen MR) is 68.5 cm³/mol. The molecule has 0 aromatic heterocycles. The summed E-state index contributed by atoms with van der Waals surface area (Å²) in [6.07, 6.45) is 1.91. The zero-order chi connectivity index (χ0) is 12.0. The van der Waals surface area contributed by atoms with Gasteiger partial charge >= 0.3 is 0 Å². The molecule has 0 aliphatic rings. The largest absolute Gasteiger partial charge is 0.396 e. The Morgan fingerprint density at radius 3 is 2.75 bits per heavy atom. The summed E-state index contributed by atoms with van der Waals surface area (Å²) in [5.41, 5.74) is 4.10. The first-order valence-electron chi connectivity index (χ1n) is 6.04. The van der Waals surface area contributed by atoms with Gasteiger partial charge in [-0.05, 0) is 50.3 Å². The molecule has 90 valence electrons. The van der Waals surface area contributed by atoms with Crippen molar-refractivity contribution in [2.24, 2.45) is 0 Å². The third-order valence-corrected chi connectivity index (χ3v) is 3.15. The maximum Gasteiger partial charge on any atom is 0.0431 e. The Kier molecular flexibility index (Phi) is 5.50. The van der Waals surface area contributed by atoms with E-state index in [1.54, 1.807) is 0 Å². The second-order valence-electron chi connectivity index (χ2n) is 4.51. The van der Waals surface area contributed by atoms with Gasteiger partial charge in [0.15, 0.2) is 0 Å². The normalized spacial score (nSPS) is 12.8. The third-order valence-electron chi connectivity index (χ3n) is 3.15.